The number of rotatable bonds is 4. The lowest BCUT2D eigenvalue weighted by molar-refractivity contribution is 0.103. The Morgan fingerprint density at radius 1 is 1.20 bits per heavy atom. The van der Waals surface area contributed by atoms with E-state index in [9.17, 15) is 9.18 Å². The molecule has 0 bridgehead atoms. The highest BCUT2D eigenvalue weighted by molar-refractivity contribution is 6.10. The first kappa shape index (κ1) is 14.1. The minimum atomic E-state index is -0.599. The average molecular weight is 273 g/mol. The standard InChI is InChI=1S/C16H16FNO2/c1-10(2)20-15-6-4-3-5-12(15)16(19)11-7-8-14(18)13(17)9-11/h3-10H,18H2,1-2H3. The maximum absolute atomic E-state index is 13.5. The van der Waals surface area contributed by atoms with E-state index in [1.54, 1.807) is 24.3 Å². The topological polar surface area (TPSA) is 52.3 Å². The molecule has 0 atom stereocenters. The van der Waals surface area contributed by atoms with Crippen LogP contribution >= 0.6 is 0 Å². The van der Waals surface area contributed by atoms with Crippen LogP contribution < -0.4 is 10.5 Å². The number of hydrogen-bond donors (Lipinski definition) is 1. The predicted octanol–water partition coefficient (Wildman–Crippen LogP) is 3.43. The van der Waals surface area contributed by atoms with E-state index in [-0.39, 0.29) is 23.1 Å². The van der Waals surface area contributed by atoms with Gasteiger partial charge in [-0.1, -0.05) is 12.1 Å². The molecule has 4 heteroatoms. The van der Waals surface area contributed by atoms with Crippen molar-refractivity contribution in [3.8, 4) is 5.75 Å². The van der Waals surface area contributed by atoms with Gasteiger partial charge >= 0.3 is 0 Å². The average Bonchev–Trinajstić information content (AvgIpc) is 2.41. The van der Waals surface area contributed by atoms with Gasteiger partial charge in [0.05, 0.1) is 17.4 Å². The highest BCUT2D eigenvalue weighted by Gasteiger charge is 2.16. The van der Waals surface area contributed by atoms with E-state index in [4.69, 9.17) is 10.5 Å². The molecule has 2 aromatic rings. The molecule has 0 aliphatic heterocycles. The number of ketones is 1. The Bertz CT molecular complexity index is 638. The maximum Gasteiger partial charge on any atom is 0.196 e. The largest absolute Gasteiger partial charge is 0.490 e. The van der Waals surface area contributed by atoms with Crippen molar-refractivity contribution in [2.75, 3.05) is 5.73 Å². The summed E-state index contributed by atoms with van der Waals surface area (Å²) in [7, 11) is 0. The normalized spacial score (nSPS) is 10.6. The van der Waals surface area contributed by atoms with Crippen LogP contribution in [-0.4, -0.2) is 11.9 Å². The van der Waals surface area contributed by atoms with E-state index in [0.717, 1.165) is 6.07 Å². The van der Waals surface area contributed by atoms with Crippen molar-refractivity contribution < 1.29 is 13.9 Å². The molecule has 0 spiro atoms. The van der Waals surface area contributed by atoms with Gasteiger partial charge in [-0.05, 0) is 44.2 Å². The molecule has 2 N–H and O–H groups in total. The summed E-state index contributed by atoms with van der Waals surface area (Å²) < 4.78 is 19.1. The molecule has 0 amide bonds. The zero-order valence-corrected chi connectivity index (χ0v) is 11.4. The summed E-state index contributed by atoms with van der Waals surface area (Å²) in [6, 6.07) is 11.0. The molecular formula is C16H16FNO2. The van der Waals surface area contributed by atoms with E-state index in [1.807, 2.05) is 13.8 Å². The van der Waals surface area contributed by atoms with Gasteiger partial charge in [0.2, 0.25) is 0 Å². The fourth-order valence-electron chi connectivity index (χ4n) is 1.83. The lowest BCUT2D eigenvalue weighted by Gasteiger charge is -2.13. The molecule has 2 rings (SSSR count). The molecule has 0 unspecified atom stereocenters. The number of ether oxygens (including phenoxy) is 1. The molecule has 0 fully saturated rings. The van der Waals surface area contributed by atoms with Crippen LogP contribution in [0.2, 0.25) is 0 Å². The van der Waals surface area contributed by atoms with Crippen LogP contribution in [0.25, 0.3) is 0 Å². The first-order valence-electron chi connectivity index (χ1n) is 6.34. The lowest BCUT2D eigenvalue weighted by atomic mass is 10.0. The quantitative estimate of drug-likeness (QED) is 0.686. The van der Waals surface area contributed by atoms with Crippen molar-refractivity contribution in [1.29, 1.82) is 0 Å². The second-order valence-corrected chi connectivity index (χ2v) is 4.73. The third-order valence-corrected chi connectivity index (χ3v) is 2.76. The summed E-state index contributed by atoms with van der Waals surface area (Å²) in [5.74, 6) is -0.400. The third kappa shape index (κ3) is 2.96. The van der Waals surface area contributed by atoms with Crippen LogP contribution in [0.4, 0.5) is 10.1 Å². The molecule has 0 saturated heterocycles. The van der Waals surface area contributed by atoms with E-state index in [0.29, 0.717) is 11.3 Å². The van der Waals surface area contributed by atoms with Crippen molar-refractivity contribution in [3.05, 3.63) is 59.4 Å². The molecule has 0 aliphatic carbocycles. The van der Waals surface area contributed by atoms with Gasteiger partial charge in [0.15, 0.2) is 5.78 Å². The van der Waals surface area contributed by atoms with Crippen LogP contribution in [0, 0.1) is 5.82 Å². The van der Waals surface area contributed by atoms with Gasteiger partial charge in [-0.25, -0.2) is 4.39 Å². The number of carbonyl (C=O) groups is 1. The Morgan fingerprint density at radius 3 is 2.55 bits per heavy atom. The molecule has 0 aromatic heterocycles. The SMILES string of the molecule is CC(C)Oc1ccccc1C(=O)c1ccc(N)c(F)c1. The Hall–Kier alpha value is -2.36. The molecule has 2 aromatic carbocycles. The second kappa shape index (κ2) is 5.74. The maximum atomic E-state index is 13.5. The molecule has 104 valence electrons. The van der Waals surface area contributed by atoms with Gasteiger partial charge in [-0.3, -0.25) is 4.79 Å². The first-order chi connectivity index (χ1) is 9.49. The Kier molecular flexibility index (Phi) is 4.03. The van der Waals surface area contributed by atoms with Crippen LogP contribution in [0.15, 0.2) is 42.5 Å². The molecule has 0 saturated carbocycles. The number of para-hydroxylation sites is 1. The molecule has 0 radical (unpaired) electrons. The van der Waals surface area contributed by atoms with Gasteiger partial charge in [0.1, 0.15) is 11.6 Å². The Balaban J connectivity index is 2.40. The van der Waals surface area contributed by atoms with Gasteiger partial charge in [0.25, 0.3) is 0 Å². The summed E-state index contributed by atoms with van der Waals surface area (Å²) in [4.78, 5) is 12.4. The van der Waals surface area contributed by atoms with Gasteiger partial charge in [-0.2, -0.15) is 0 Å². The highest BCUT2D eigenvalue weighted by Crippen LogP contribution is 2.23. The van der Waals surface area contributed by atoms with Gasteiger partial charge in [-0.15, -0.1) is 0 Å². The number of hydrogen-bond acceptors (Lipinski definition) is 3. The Labute approximate surface area is 117 Å². The van der Waals surface area contributed by atoms with Crippen LogP contribution in [0.5, 0.6) is 5.75 Å². The highest BCUT2D eigenvalue weighted by atomic mass is 19.1. The minimum absolute atomic E-state index is 0.0215. The van der Waals surface area contributed by atoms with E-state index < -0.39 is 5.82 Å². The number of anilines is 1. The van der Waals surface area contributed by atoms with Crippen LogP contribution in [0.1, 0.15) is 29.8 Å². The molecule has 3 nitrogen and oxygen atoms in total. The fraction of sp³-hybridized carbons (Fsp3) is 0.188. The number of benzene rings is 2. The van der Waals surface area contributed by atoms with Crippen molar-refractivity contribution >= 4 is 11.5 Å². The number of halogens is 1. The fourth-order valence-corrected chi connectivity index (χ4v) is 1.83. The van der Waals surface area contributed by atoms with E-state index in [1.165, 1.54) is 12.1 Å². The Morgan fingerprint density at radius 2 is 1.90 bits per heavy atom. The molecule has 0 heterocycles. The second-order valence-electron chi connectivity index (χ2n) is 4.73. The molecule has 20 heavy (non-hydrogen) atoms. The van der Waals surface area contributed by atoms with Gasteiger partial charge < -0.3 is 10.5 Å². The number of nitrogen functional groups attached to an aromatic ring is 1. The summed E-state index contributed by atoms with van der Waals surface area (Å²) in [5, 5.41) is 0. The summed E-state index contributed by atoms with van der Waals surface area (Å²) in [6.45, 7) is 3.76. The van der Waals surface area contributed by atoms with Crippen LogP contribution in [-0.2, 0) is 0 Å². The van der Waals surface area contributed by atoms with E-state index >= 15 is 0 Å². The first-order valence-corrected chi connectivity index (χ1v) is 6.34. The smallest absolute Gasteiger partial charge is 0.196 e. The summed E-state index contributed by atoms with van der Waals surface area (Å²) >= 11 is 0. The van der Waals surface area contributed by atoms with Crippen molar-refractivity contribution in [2.45, 2.75) is 20.0 Å². The minimum Gasteiger partial charge on any atom is -0.490 e. The number of carbonyl (C=O) groups excluding carboxylic acids is 1. The zero-order chi connectivity index (χ0) is 14.7. The molecular weight excluding hydrogens is 257 g/mol. The van der Waals surface area contributed by atoms with Crippen molar-refractivity contribution in [1.82, 2.24) is 0 Å². The number of nitrogens with two attached hydrogens (primary N) is 1. The summed E-state index contributed by atoms with van der Waals surface area (Å²) in [6.07, 6.45) is -0.0490. The zero-order valence-electron chi connectivity index (χ0n) is 11.4. The predicted molar refractivity (Wildman–Crippen MR) is 76.5 cm³/mol. The van der Waals surface area contributed by atoms with Crippen molar-refractivity contribution in [2.24, 2.45) is 0 Å². The van der Waals surface area contributed by atoms with Crippen molar-refractivity contribution in [3.63, 3.8) is 0 Å². The third-order valence-electron chi connectivity index (χ3n) is 2.76. The lowest BCUT2D eigenvalue weighted by Crippen LogP contribution is -2.11. The van der Waals surface area contributed by atoms with Crippen LogP contribution in [0.3, 0.4) is 0 Å². The summed E-state index contributed by atoms with van der Waals surface area (Å²) in [5.41, 5.74) is 6.09. The van der Waals surface area contributed by atoms with Gasteiger partial charge in [0, 0.05) is 5.56 Å². The molecule has 0 aliphatic rings. The monoisotopic (exact) mass is 273 g/mol. The van der Waals surface area contributed by atoms with E-state index in [2.05, 4.69) is 0 Å².